The molecule has 2 rings (SSSR count). The first kappa shape index (κ1) is 12.4. The Labute approximate surface area is 101 Å². The first-order chi connectivity index (χ1) is 7.63. The van der Waals surface area contributed by atoms with E-state index in [1.807, 2.05) is 0 Å². The highest BCUT2D eigenvalue weighted by atomic mass is 15.1. The van der Waals surface area contributed by atoms with Gasteiger partial charge in [-0.15, -0.1) is 0 Å². The summed E-state index contributed by atoms with van der Waals surface area (Å²) in [5.41, 5.74) is 0. The monoisotopic (exact) mass is 224 g/mol. The third-order valence-corrected chi connectivity index (χ3v) is 4.36. The first-order valence-corrected chi connectivity index (χ1v) is 7.05. The van der Waals surface area contributed by atoms with Crippen molar-refractivity contribution in [1.82, 2.24) is 10.2 Å². The van der Waals surface area contributed by atoms with E-state index in [4.69, 9.17) is 0 Å². The second-order valence-electron chi connectivity index (χ2n) is 6.44. The molecule has 2 heteroatoms. The van der Waals surface area contributed by atoms with Gasteiger partial charge in [-0.3, -0.25) is 0 Å². The summed E-state index contributed by atoms with van der Waals surface area (Å²) < 4.78 is 0. The van der Waals surface area contributed by atoms with E-state index in [0.717, 1.165) is 23.8 Å². The molecule has 1 heterocycles. The van der Waals surface area contributed by atoms with E-state index in [1.165, 1.54) is 45.3 Å². The van der Waals surface area contributed by atoms with Crippen LogP contribution in [0.5, 0.6) is 0 Å². The van der Waals surface area contributed by atoms with Crippen molar-refractivity contribution in [3.8, 4) is 0 Å². The lowest BCUT2D eigenvalue weighted by Crippen LogP contribution is -2.39. The van der Waals surface area contributed by atoms with Gasteiger partial charge in [-0.1, -0.05) is 13.8 Å². The number of hydrogen-bond donors (Lipinski definition) is 1. The fraction of sp³-hybridized carbons (Fsp3) is 1.00. The van der Waals surface area contributed by atoms with E-state index in [2.05, 4.69) is 31.1 Å². The number of rotatable bonds is 3. The number of nitrogens with zero attached hydrogens (tertiary/aromatic N) is 1. The van der Waals surface area contributed by atoms with Crippen LogP contribution in [0.4, 0.5) is 0 Å². The minimum absolute atomic E-state index is 0.796. The molecule has 3 atom stereocenters. The van der Waals surface area contributed by atoms with E-state index in [-0.39, 0.29) is 0 Å². The molecule has 0 radical (unpaired) electrons. The second kappa shape index (κ2) is 5.50. The molecular weight excluding hydrogens is 196 g/mol. The Morgan fingerprint density at radius 1 is 1.12 bits per heavy atom. The fourth-order valence-corrected chi connectivity index (χ4v) is 3.64. The maximum atomic E-state index is 3.82. The van der Waals surface area contributed by atoms with Crippen molar-refractivity contribution in [2.45, 2.75) is 45.6 Å². The van der Waals surface area contributed by atoms with Crippen LogP contribution in [0.3, 0.4) is 0 Å². The summed E-state index contributed by atoms with van der Waals surface area (Å²) in [4.78, 5) is 2.46. The Kier molecular flexibility index (Phi) is 4.26. The molecule has 0 spiro atoms. The second-order valence-corrected chi connectivity index (χ2v) is 6.44. The molecule has 16 heavy (non-hydrogen) atoms. The first-order valence-electron chi connectivity index (χ1n) is 7.05. The Hall–Kier alpha value is -0.0800. The lowest BCUT2D eigenvalue weighted by Gasteiger charge is -2.32. The molecular formula is C14H28N2. The predicted molar refractivity (Wildman–Crippen MR) is 69.6 cm³/mol. The molecule has 0 bridgehead atoms. The molecule has 1 N–H and O–H groups in total. The molecule has 0 aromatic carbocycles. The van der Waals surface area contributed by atoms with Crippen molar-refractivity contribution in [3.05, 3.63) is 0 Å². The van der Waals surface area contributed by atoms with Gasteiger partial charge in [0.1, 0.15) is 0 Å². The molecule has 1 saturated heterocycles. The highest BCUT2D eigenvalue weighted by Crippen LogP contribution is 2.28. The van der Waals surface area contributed by atoms with E-state index < -0.39 is 0 Å². The average Bonchev–Trinajstić information content (AvgIpc) is 2.60. The van der Waals surface area contributed by atoms with Gasteiger partial charge in [0.25, 0.3) is 0 Å². The molecule has 2 aliphatic rings. The smallest absolute Gasteiger partial charge is 0.00722 e. The van der Waals surface area contributed by atoms with E-state index >= 15 is 0 Å². The summed E-state index contributed by atoms with van der Waals surface area (Å²) in [6, 6.07) is 0.796. The van der Waals surface area contributed by atoms with Crippen LogP contribution in [-0.2, 0) is 0 Å². The average molecular weight is 224 g/mol. The minimum Gasteiger partial charge on any atom is -0.314 e. The Morgan fingerprint density at radius 2 is 1.81 bits per heavy atom. The van der Waals surface area contributed by atoms with Crippen LogP contribution in [-0.4, -0.2) is 37.6 Å². The van der Waals surface area contributed by atoms with Crippen molar-refractivity contribution in [2.24, 2.45) is 17.8 Å². The van der Waals surface area contributed by atoms with Gasteiger partial charge in [0.05, 0.1) is 0 Å². The zero-order chi connectivity index (χ0) is 11.5. The Morgan fingerprint density at radius 3 is 2.38 bits per heavy atom. The summed E-state index contributed by atoms with van der Waals surface area (Å²) in [6.07, 6.45) is 5.62. The molecule has 1 aliphatic carbocycles. The summed E-state index contributed by atoms with van der Waals surface area (Å²) in [7, 11) is 2.24. The van der Waals surface area contributed by atoms with Crippen LogP contribution in [0.15, 0.2) is 0 Å². The molecule has 3 unspecified atom stereocenters. The zero-order valence-corrected chi connectivity index (χ0v) is 11.2. The Balaban J connectivity index is 1.69. The van der Waals surface area contributed by atoms with Crippen LogP contribution in [0.25, 0.3) is 0 Å². The standard InChI is InChI=1S/C14H28N2/c1-11-6-12(2)8-14(7-11)15-9-13-4-5-16(3)10-13/h11-15H,4-10H2,1-3H3. The minimum atomic E-state index is 0.796. The van der Waals surface area contributed by atoms with Crippen molar-refractivity contribution >= 4 is 0 Å². The van der Waals surface area contributed by atoms with Gasteiger partial charge in [-0.05, 0) is 63.6 Å². The van der Waals surface area contributed by atoms with Gasteiger partial charge in [0, 0.05) is 12.6 Å². The fourth-order valence-electron chi connectivity index (χ4n) is 3.64. The van der Waals surface area contributed by atoms with Gasteiger partial charge >= 0.3 is 0 Å². The number of likely N-dealkylation sites (tertiary alicyclic amines) is 1. The highest BCUT2D eigenvalue weighted by molar-refractivity contribution is 4.82. The van der Waals surface area contributed by atoms with Crippen LogP contribution in [0.2, 0.25) is 0 Å². The highest BCUT2D eigenvalue weighted by Gasteiger charge is 2.25. The maximum Gasteiger partial charge on any atom is 0.00722 e. The topological polar surface area (TPSA) is 15.3 Å². The summed E-state index contributed by atoms with van der Waals surface area (Å²) in [6.45, 7) is 8.66. The zero-order valence-electron chi connectivity index (χ0n) is 11.2. The molecule has 0 aromatic heterocycles. The van der Waals surface area contributed by atoms with Crippen LogP contribution in [0, 0.1) is 17.8 Å². The van der Waals surface area contributed by atoms with Crippen molar-refractivity contribution in [1.29, 1.82) is 0 Å². The number of hydrogen-bond acceptors (Lipinski definition) is 2. The largest absolute Gasteiger partial charge is 0.314 e. The van der Waals surface area contributed by atoms with Crippen LogP contribution < -0.4 is 5.32 Å². The normalized spacial score (nSPS) is 41.4. The van der Waals surface area contributed by atoms with Gasteiger partial charge in [0.2, 0.25) is 0 Å². The van der Waals surface area contributed by atoms with Gasteiger partial charge in [0.15, 0.2) is 0 Å². The van der Waals surface area contributed by atoms with Gasteiger partial charge < -0.3 is 10.2 Å². The number of nitrogens with one attached hydrogen (secondary N) is 1. The molecule has 94 valence electrons. The predicted octanol–water partition coefficient (Wildman–Crippen LogP) is 2.35. The lowest BCUT2D eigenvalue weighted by molar-refractivity contribution is 0.232. The van der Waals surface area contributed by atoms with E-state index in [1.54, 1.807) is 0 Å². The molecule has 2 fully saturated rings. The summed E-state index contributed by atoms with van der Waals surface area (Å²) >= 11 is 0. The van der Waals surface area contributed by atoms with Crippen LogP contribution >= 0.6 is 0 Å². The molecule has 2 nitrogen and oxygen atoms in total. The lowest BCUT2D eigenvalue weighted by atomic mass is 9.80. The van der Waals surface area contributed by atoms with Crippen molar-refractivity contribution in [2.75, 3.05) is 26.7 Å². The third kappa shape index (κ3) is 3.46. The van der Waals surface area contributed by atoms with E-state index in [0.29, 0.717) is 0 Å². The molecule has 0 aromatic rings. The molecule has 1 aliphatic heterocycles. The van der Waals surface area contributed by atoms with Crippen molar-refractivity contribution in [3.63, 3.8) is 0 Å². The Bertz CT molecular complexity index is 207. The molecule has 1 saturated carbocycles. The van der Waals surface area contributed by atoms with Crippen molar-refractivity contribution < 1.29 is 0 Å². The van der Waals surface area contributed by atoms with E-state index in [9.17, 15) is 0 Å². The maximum absolute atomic E-state index is 3.82. The van der Waals surface area contributed by atoms with Gasteiger partial charge in [-0.25, -0.2) is 0 Å². The van der Waals surface area contributed by atoms with Crippen LogP contribution in [0.1, 0.15) is 39.5 Å². The quantitative estimate of drug-likeness (QED) is 0.791. The summed E-state index contributed by atoms with van der Waals surface area (Å²) in [5, 5.41) is 3.82. The third-order valence-electron chi connectivity index (χ3n) is 4.36. The summed E-state index contributed by atoms with van der Waals surface area (Å²) in [5.74, 6) is 2.75. The molecule has 0 amide bonds. The SMILES string of the molecule is CC1CC(C)CC(NCC2CCN(C)C2)C1. The van der Waals surface area contributed by atoms with Gasteiger partial charge in [-0.2, -0.15) is 0 Å².